The molecule has 0 aromatic heterocycles. The molecule has 4 heteroatoms. The van der Waals surface area contributed by atoms with Crippen LogP contribution in [0.25, 0.3) is 0 Å². The van der Waals surface area contributed by atoms with Crippen molar-refractivity contribution in [3.63, 3.8) is 0 Å². The van der Waals surface area contributed by atoms with Crippen LogP contribution >= 0.6 is 0 Å². The maximum Gasteiger partial charge on any atom is 0.217 e. The number of carbonyl (C=O) groups is 1. The zero-order chi connectivity index (χ0) is 7.70. The monoisotopic (exact) mass is 134 g/mol. The summed E-state index contributed by atoms with van der Waals surface area (Å²) < 4.78 is 0. The molecule has 0 unspecified atom stereocenters. The van der Waals surface area contributed by atoms with Crippen molar-refractivity contribution in [1.82, 2.24) is 0 Å². The molecule has 0 spiro atoms. The van der Waals surface area contributed by atoms with Gasteiger partial charge in [-0.05, 0) is 0 Å². The van der Waals surface area contributed by atoms with E-state index in [0.717, 1.165) is 0 Å². The molecule has 56 valence electrons. The van der Waals surface area contributed by atoms with E-state index < -0.39 is 0 Å². The van der Waals surface area contributed by atoms with E-state index >= 15 is 0 Å². The molecule has 0 saturated heterocycles. The van der Waals surface area contributed by atoms with Gasteiger partial charge in [0.1, 0.15) is 0 Å². The van der Waals surface area contributed by atoms with Crippen molar-refractivity contribution in [3.8, 4) is 0 Å². The molecule has 0 radical (unpaired) electrons. The van der Waals surface area contributed by atoms with Gasteiger partial charge in [-0.3, -0.25) is 4.79 Å². The second kappa shape index (κ2) is 10.4. The number of nitrogens with two attached hydrogens (primary N) is 2. The van der Waals surface area contributed by atoms with Crippen LogP contribution in [0, 0.1) is 0 Å². The van der Waals surface area contributed by atoms with Crippen LogP contribution < -0.4 is 11.5 Å². The zero-order valence-corrected chi connectivity index (χ0v) is 5.63. The average Bonchev–Trinajstić information content (AvgIpc) is 1.89. The maximum atomic E-state index is 9.59. The van der Waals surface area contributed by atoms with Gasteiger partial charge in [-0.25, -0.2) is 0 Å². The summed E-state index contributed by atoms with van der Waals surface area (Å²) in [7, 11) is 0. The van der Waals surface area contributed by atoms with Crippen LogP contribution in [0.3, 0.4) is 0 Å². The van der Waals surface area contributed by atoms with E-state index in [1.165, 1.54) is 0 Å². The van der Waals surface area contributed by atoms with Crippen LogP contribution in [0.15, 0.2) is 0 Å². The van der Waals surface area contributed by atoms with Crippen LogP contribution in [-0.2, 0) is 4.79 Å². The second-order valence-electron chi connectivity index (χ2n) is 1.33. The maximum absolute atomic E-state index is 9.59. The van der Waals surface area contributed by atoms with Crippen LogP contribution in [0.5, 0.6) is 0 Å². The van der Waals surface area contributed by atoms with E-state index in [-0.39, 0.29) is 12.5 Å². The molecule has 0 fully saturated rings. The van der Waals surface area contributed by atoms with Gasteiger partial charge in [0.15, 0.2) is 0 Å². The minimum absolute atomic E-state index is 0.0972. The van der Waals surface area contributed by atoms with Crippen molar-refractivity contribution in [2.45, 2.75) is 13.3 Å². The fourth-order valence-corrected chi connectivity index (χ4v) is 0. The molecule has 0 aromatic carbocycles. The van der Waals surface area contributed by atoms with Crippen LogP contribution in [-0.4, -0.2) is 24.2 Å². The Balaban J connectivity index is 0. The number of hydrogen-bond acceptors (Lipinski definition) is 3. The molecular formula is C5H14N2O2. The molecule has 0 aliphatic carbocycles. The fourth-order valence-electron chi connectivity index (χ4n) is 0. The summed E-state index contributed by atoms with van der Waals surface area (Å²) >= 11 is 0. The Kier molecular flexibility index (Phi) is 13.0. The first kappa shape index (κ1) is 11.2. The lowest BCUT2D eigenvalue weighted by Crippen LogP contribution is -2.06. The highest BCUT2D eigenvalue weighted by Crippen LogP contribution is 1.63. The standard InChI is InChI=1S/C3H7NO.C2H7NO/c1-2-3(4)5;3-1-2-4/h2H2,1H3,(H2,4,5);4H,1-3H2. The molecule has 5 N–H and O–H groups in total. The van der Waals surface area contributed by atoms with Gasteiger partial charge in [-0.15, -0.1) is 0 Å². The third-order valence-corrected chi connectivity index (χ3v) is 0.478. The lowest BCUT2D eigenvalue weighted by molar-refractivity contribution is -0.117. The third-order valence-electron chi connectivity index (χ3n) is 0.478. The molecule has 4 nitrogen and oxygen atoms in total. The topological polar surface area (TPSA) is 89.3 Å². The Morgan fingerprint density at radius 2 is 1.89 bits per heavy atom. The van der Waals surface area contributed by atoms with Crippen molar-refractivity contribution in [2.24, 2.45) is 11.5 Å². The minimum atomic E-state index is -0.245. The molecule has 0 heterocycles. The highest BCUT2D eigenvalue weighted by Gasteiger charge is 1.77. The molecule has 0 atom stereocenters. The normalized spacial score (nSPS) is 7.44. The van der Waals surface area contributed by atoms with Crippen molar-refractivity contribution >= 4 is 5.91 Å². The molecule has 1 amide bonds. The number of carbonyl (C=O) groups excluding carboxylic acids is 1. The molecule has 0 aromatic rings. The van der Waals surface area contributed by atoms with Gasteiger partial charge in [0.2, 0.25) is 5.91 Å². The first-order valence-corrected chi connectivity index (χ1v) is 2.78. The highest BCUT2D eigenvalue weighted by molar-refractivity contribution is 5.73. The molecule has 0 saturated carbocycles. The molecule has 0 bridgehead atoms. The number of hydrogen-bond donors (Lipinski definition) is 3. The van der Waals surface area contributed by atoms with Gasteiger partial charge in [0.05, 0.1) is 6.61 Å². The van der Waals surface area contributed by atoms with Gasteiger partial charge in [0.25, 0.3) is 0 Å². The summed E-state index contributed by atoms with van der Waals surface area (Å²) in [6, 6.07) is 0. The summed E-state index contributed by atoms with van der Waals surface area (Å²) in [6.45, 7) is 2.20. The number of amides is 1. The second-order valence-corrected chi connectivity index (χ2v) is 1.33. The number of primary amides is 1. The molecule has 0 aliphatic rings. The summed E-state index contributed by atoms with van der Waals surface area (Å²) in [5, 5.41) is 7.75. The van der Waals surface area contributed by atoms with Crippen molar-refractivity contribution in [3.05, 3.63) is 0 Å². The predicted octanol–water partition coefficient (Wildman–Crippen LogP) is -1.18. The van der Waals surface area contributed by atoms with Crippen molar-refractivity contribution in [1.29, 1.82) is 0 Å². The third kappa shape index (κ3) is 37.6. The Bertz CT molecular complexity index is 64.0. The van der Waals surface area contributed by atoms with E-state index in [9.17, 15) is 4.79 Å². The van der Waals surface area contributed by atoms with Gasteiger partial charge in [-0.1, -0.05) is 6.92 Å². The van der Waals surface area contributed by atoms with Gasteiger partial charge in [0, 0.05) is 13.0 Å². The Labute approximate surface area is 54.8 Å². The van der Waals surface area contributed by atoms with Crippen LogP contribution in [0.4, 0.5) is 0 Å². The minimum Gasteiger partial charge on any atom is -0.395 e. The van der Waals surface area contributed by atoms with Crippen molar-refractivity contribution in [2.75, 3.05) is 13.2 Å². The molecule has 9 heavy (non-hydrogen) atoms. The first-order valence-electron chi connectivity index (χ1n) is 2.78. The highest BCUT2D eigenvalue weighted by atomic mass is 16.3. The average molecular weight is 134 g/mol. The summed E-state index contributed by atoms with van der Waals surface area (Å²) in [5.41, 5.74) is 9.43. The predicted molar refractivity (Wildman–Crippen MR) is 35.6 cm³/mol. The summed E-state index contributed by atoms with van der Waals surface area (Å²) in [4.78, 5) is 9.59. The molecule has 0 aliphatic heterocycles. The SMILES string of the molecule is CCC(N)=O.NCCO. The Hall–Kier alpha value is -0.610. The van der Waals surface area contributed by atoms with Crippen molar-refractivity contribution < 1.29 is 9.90 Å². The summed E-state index contributed by atoms with van der Waals surface area (Å²) in [5.74, 6) is -0.245. The zero-order valence-electron chi connectivity index (χ0n) is 5.63. The van der Waals surface area contributed by atoms with Gasteiger partial charge >= 0.3 is 0 Å². The largest absolute Gasteiger partial charge is 0.395 e. The van der Waals surface area contributed by atoms with E-state index in [4.69, 9.17) is 10.8 Å². The lowest BCUT2D eigenvalue weighted by Gasteiger charge is -1.73. The van der Waals surface area contributed by atoms with E-state index in [1.807, 2.05) is 0 Å². The Morgan fingerprint density at radius 1 is 1.67 bits per heavy atom. The van der Waals surface area contributed by atoms with E-state index in [0.29, 0.717) is 13.0 Å². The number of aliphatic hydroxyl groups is 1. The summed E-state index contributed by atoms with van der Waals surface area (Å²) in [6.07, 6.45) is 0.444. The first-order chi connectivity index (χ1) is 4.18. The lowest BCUT2D eigenvalue weighted by atomic mass is 10.5. The van der Waals surface area contributed by atoms with Crippen LogP contribution in [0.1, 0.15) is 13.3 Å². The van der Waals surface area contributed by atoms with E-state index in [2.05, 4.69) is 5.73 Å². The van der Waals surface area contributed by atoms with Gasteiger partial charge < -0.3 is 16.6 Å². The Morgan fingerprint density at radius 3 is 1.89 bits per heavy atom. The number of rotatable bonds is 2. The molecule has 0 rings (SSSR count). The fraction of sp³-hybridized carbons (Fsp3) is 0.800. The molecular weight excluding hydrogens is 120 g/mol. The van der Waals surface area contributed by atoms with Gasteiger partial charge in [-0.2, -0.15) is 0 Å². The quantitative estimate of drug-likeness (QED) is 0.444. The smallest absolute Gasteiger partial charge is 0.217 e. The number of aliphatic hydroxyl groups excluding tert-OH is 1. The van der Waals surface area contributed by atoms with E-state index in [1.54, 1.807) is 6.92 Å². The van der Waals surface area contributed by atoms with Crippen LogP contribution in [0.2, 0.25) is 0 Å².